The zero-order valence-electron chi connectivity index (χ0n) is 19.7. The zero-order valence-corrected chi connectivity index (χ0v) is 21.2. The number of benzene rings is 2. The number of rotatable bonds is 10. The molecule has 0 aliphatic rings. The predicted molar refractivity (Wildman–Crippen MR) is 135 cm³/mol. The van der Waals surface area contributed by atoms with Crippen molar-refractivity contribution in [2.75, 3.05) is 7.11 Å². The van der Waals surface area contributed by atoms with Crippen molar-refractivity contribution in [3.8, 4) is 11.5 Å². The maximum atomic E-state index is 12.9. The van der Waals surface area contributed by atoms with E-state index in [0.29, 0.717) is 16.5 Å². The van der Waals surface area contributed by atoms with Gasteiger partial charge in [-0.05, 0) is 36.6 Å². The Balaban J connectivity index is 1.72. The Morgan fingerprint density at radius 1 is 1.03 bits per heavy atom. The number of hydrogen-bond donors (Lipinski definition) is 1. The van der Waals surface area contributed by atoms with E-state index in [-0.39, 0.29) is 29.5 Å². The monoisotopic (exact) mass is 515 g/mol. The average molecular weight is 516 g/mol. The van der Waals surface area contributed by atoms with Gasteiger partial charge in [-0.15, -0.1) is 0 Å². The minimum atomic E-state index is -0.737. The molecule has 3 aromatic rings. The highest BCUT2D eigenvalue weighted by Gasteiger charge is 2.28. The standard InChI is InChI=1S/C27H27Cl2NO5/c1-16(13-23(31)25-26(32)24(34-3)11-12-30-25)27(33)35-17(2)20(19-7-5-4-6-8-19)14-18-9-10-21(28)22(29)15-18/h4-12,15-17,20,32H,13-14H2,1-3H3/t16-,17+,20+/m1/s1. The van der Waals surface area contributed by atoms with Crippen molar-refractivity contribution < 1.29 is 24.2 Å². The summed E-state index contributed by atoms with van der Waals surface area (Å²) in [6, 6.07) is 16.6. The molecule has 0 radical (unpaired) electrons. The van der Waals surface area contributed by atoms with E-state index in [1.807, 2.05) is 49.4 Å². The summed E-state index contributed by atoms with van der Waals surface area (Å²) in [5.41, 5.74) is 1.82. The van der Waals surface area contributed by atoms with Crippen LogP contribution in [0.25, 0.3) is 0 Å². The summed E-state index contributed by atoms with van der Waals surface area (Å²) in [5.74, 6) is -2.08. The lowest BCUT2D eigenvalue weighted by molar-refractivity contribution is -0.153. The molecule has 0 unspecified atom stereocenters. The molecule has 0 spiro atoms. The van der Waals surface area contributed by atoms with Crippen molar-refractivity contribution in [2.45, 2.75) is 38.7 Å². The minimum Gasteiger partial charge on any atom is -0.503 e. The van der Waals surface area contributed by atoms with E-state index in [4.69, 9.17) is 32.7 Å². The van der Waals surface area contributed by atoms with Crippen molar-refractivity contribution in [3.05, 3.63) is 87.7 Å². The van der Waals surface area contributed by atoms with E-state index in [2.05, 4.69) is 4.98 Å². The van der Waals surface area contributed by atoms with Gasteiger partial charge in [0.05, 0.1) is 23.1 Å². The van der Waals surface area contributed by atoms with E-state index >= 15 is 0 Å². The van der Waals surface area contributed by atoms with E-state index < -0.39 is 23.8 Å². The topological polar surface area (TPSA) is 85.7 Å². The molecular weight excluding hydrogens is 489 g/mol. The molecule has 1 heterocycles. The Morgan fingerprint density at radius 2 is 1.74 bits per heavy atom. The first-order valence-corrected chi connectivity index (χ1v) is 11.9. The molecule has 8 heteroatoms. The minimum absolute atomic E-state index is 0.139. The van der Waals surface area contributed by atoms with E-state index in [0.717, 1.165) is 11.1 Å². The fraction of sp³-hybridized carbons (Fsp3) is 0.296. The molecule has 2 aromatic carbocycles. The summed E-state index contributed by atoms with van der Waals surface area (Å²) in [6.45, 7) is 3.44. The van der Waals surface area contributed by atoms with Gasteiger partial charge in [0.25, 0.3) is 0 Å². The number of halogens is 2. The van der Waals surface area contributed by atoms with Crippen LogP contribution in [0.3, 0.4) is 0 Å². The van der Waals surface area contributed by atoms with Gasteiger partial charge < -0.3 is 14.6 Å². The van der Waals surface area contributed by atoms with Gasteiger partial charge in [-0.25, -0.2) is 4.98 Å². The summed E-state index contributed by atoms with van der Waals surface area (Å²) < 4.78 is 10.8. The molecule has 0 saturated carbocycles. The third-order valence-corrected chi connectivity index (χ3v) is 6.54. The fourth-order valence-corrected chi connectivity index (χ4v) is 4.14. The van der Waals surface area contributed by atoms with Gasteiger partial charge >= 0.3 is 5.97 Å². The maximum absolute atomic E-state index is 12.9. The molecule has 0 bridgehead atoms. The molecule has 0 aliphatic heterocycles. The summed E-state index contributed by atoms with van der Waals surface area (Å²) in [6.07, 6.45) is 1.29. The van der Waals surface area contributed by atoms with Gasteiger partial charge in [0.1, 0.15) is 6.10 Å². The molecule has 35 heavy (non-hydrogen) atoms. The normalized spacial score (nSPS) is 13.5. The average Bonchev–Trinajstić information content (AvgIpc) is 2.85. The SMILES string of the molecule is COc1ccnc(C(=O)C[C@@H](C)C(=O)O[C@@H](C)[C@H](Cc2ccc(Cl)c(Cl)c2)c2ccccc2)c1O. The Kier molecular flexibility index (Phi) is 9.13. The van der Waals surface area contributed by atoms with E-state index in [1.165, 1.54) is 19.4 Å². The third kappa shape index (κ3) is 6.74. The molecule has 184 valence electrons. The van der Waals surface area contributed by atoms with Gasteiger partial charge in [-0.2, -0.15) is 0 Å². The van der Waals surface area contributed by atoms with Crippen LogP contribution in [0.5, 0.6) is 11.5 Å². The number of nitrogens with zero attached hydrogens (tertiary/aromatic N) is 1. The van der Waals surface area contributed by atoms with E-state index in [1.54, 1.807) is 13.0 Å². The summed E-state index contributed by atoms with van der Waals surface area (Å²) in [7, 11) is 1.38. The number of ketones is 1. The molecule has 0 amide bonds. The highest BCUT2D eigenvalue weighted by molar-refractivity contribution is 6.42. The summed E-state index contributed by atoms with van der Waals surface area (Å²) in [4.78, 5) is 29.5. The Bertz CT molecular complexity index is 1190. The van der Waals surface area contributed by atoms with Crippen molar-refractivity contribution in [1.82, 2.24) is 4.98 Å². The molecule has 0 fully saturated rings. The Hall–Kier alpha value is -3.09. The van der Waals surface area contributed by atoms with Crippen LogP contribution in [-0.4, -0.2) is 35.1 Å². The molecule has 0 saturated heterocycles. The molecule has 0 aliphatic carbocycles. The second-order valence-electron chi connectivity index (χ2n) is 8.35. The Morgan fingerprint density at radius 3 is 2.40 bits per heavy atom. The smallest absolute Gasteiger partial charge is 0.309 e. The number of ether oxygens (including phenoxy) is 2. The van der Waals surface area contributed by atoms with Gasteiger partial charge in [0.2, 0.25) is 0 Å². The largest absolute Gasteiger partial charge is 0.503 e. The van der Waals surface area contributed by atoms with Crippen LogP contribution in [0.2, 0.25) is 10.0 Å². The second kappa shape index (κ2) is 12.0. The lowest BCUT2D eigenvalue weighted by Crippen LogP contribution is -2.28. The summed E-state index contributed by atoms with van der Waals surface area (Å²) in [5, 5.41) is 11.1. The number of carbonyl (C=O) groups is 2. The predicted octanol–water partition coefficient (Wildman–Crippen LogP) is 6.27. The van der Waals surface area contributed by atoms with Gasteiger partial charge in [0.15, 0.2) is 23.0 Å². The van der Waals surface area contributed by atoms with Gasteiger partial charge in [-0.1, -0.05) is 66.5 Å². The van der Waals surface area contributed by atoms with E-state index in [9.17, 15) is 14.7 Å². The number of esters is 1. The molecule has 6 nitrogen and oxygen atoms in total. The highest BCUT2D eigenvalue weighted by Crippen LogP contribution is 2.31. The quantitative estimate of drug-likeness (QED) is 0.253. The molecular formula is C27H27Cl2NO5. The molecule has 3 atom stereocenters. The van der Waals surface area contributed by atoms with Gasteiger partial charge in [0, 0.05) is 24.6 Å². The van der Waals surface area contributed by atoms with Crippen molar-refractivity contribution >= 4 is 35.0 Å². The summed E-state index contributed by atoms with van der Waals surface area (Å²) >= 11 is 12.3. The maximum Gasteiger partial charge on any atom is 0.309 e. The molecule has 1 N–H and O–H groups in total. The van der Waals surface area contributed by atoms with Crippen molar-refractivity contribution in [3.63, 3.8) is 0 Å². The fourth-order valence-electron chi connectivity index (χ4n) is 3.82. The number of methoxy groups -OCH3 is 1. The molecule has 1 aromatic heterocycles. The van der Waals surface area contributed by atoms with Crippen LogP contribution in [0.1, 0.15) is 47.8 Å². The van der Waals surface area contributed by atoms with Crippen molar-refractivity contribution in [2.24, 2.45) is 5.92 Å². The first kappa shape index (κ1) is 26.5. The Labute approximate surface area is 214 Å². The first-order valence-electron chi connectivity index (χ1n) is 11.2. The second-order valence-corrected chi connectivity index (χ2v) is 9.16. The lowest BCUT2D eigenvalue weighted by Gasteiger charge is -2.26. The van der Waals surface area contributed by atoms with Crippen LogP contribution in [-0.2, 0) is 16.0 Å². The zero-order chi connectivity index (χ0) is 25.5. The number of hydrogen-bond acceptors (Lipinski definition) is 6. The van der Waals surface area contributed by atoms with Gasteiger partial charge in [-0.3, -0.25) is 9.59 Å². The molecule has 3 rings (SSSR count). The van der Waals surface area contributed by atoms with Crippen LogP contribution in [0.4, 0.5) is 0 Å². The van der Waals surface area contributed by atoms with Crippen LogP contribution >= 0.6 is 23.2 Å². The number of aromatic hydroxyl groups is 1. The van der Waals surface area contributed by atoms with Crippen molar-refractivity contribution in [1.29, 1.82) is 0 Å². The number of carbonyl (C=O) groups excluding carboxylic acids is 2. The third-order valence-electron chi connectivity index (χ3n) is 5.80. The first-order chi connectivity index (χ1) is 16.7. The number of aromatic nitrogens is 1. The lowest BCUT2D eigenvalue weighted by atomic mass is 9.88. The highest BCUT2D eigenvalue weighted by atomic mass is 35.5. The number of Topliss-reactive ketones (excluding diaryl/α,β-unsaturated/α-hetero) is 1. The van der Waals surface area contributed by atoms with Crippen LogP contribution < -0.4 is 4.74 Å². The number of pyridine rings is 1. The van der Waals surface area contributed by atoms with Crippen LogP contribution in [0, 0.1) is 5.92 Å². The van der Waals surface area contributed by atoms with Crippen LogP contribution in [0.15, 0.2) is 60.8 Å².